The van der Waals surface area contributed by atoms with Crippen LogP contribution < -0.4 is 10.9 Å². The largest absolute Gasteiger partial charge is 0.472 e. The molecule has 0 saturated heterocycles. The van der Waals surface area contributed by atoms with Crippen molar-refractivity contribution in [3.05, 3.63) is 78.5 Å². The van der Waals surface area contributed by atoms with Gasteiger partial charge in [-0.3, -0.25) is 9.59 Å². The molecule has 0 bridgehead atoms. The molecular formula is C18H12BrClN4O3S. The molecular weight excluding hydrogens is 468 g/mol. The molecule has 28 heavy (non-hydrogen) atoms. The van der Waals surface area contributed by atoms with Gasteiger partial charge in [0.1, 0.15) is 17.8 Å². The Morgan fingerprint density at radius 1 is 1.32 bits per heavy atom. The van der Waals surface area contributed by atoms with Gasteiger partial charge in [0, 0.05) is 10.9 Å². The first-order valence-corrected chi connectivity index (χ1v) is 10.0. The predicted molar refractivity (Wildman–Crippen MR) is 111 cm³/mol. The number of thiophene rings is 1. The number of rotatable bonds is 5. The summed E-state index contributed by atoms with van der Waals surface area (Å²) in [5, 5.41) is 7.58. The number of pyridine rings is 1. The first-order chi connectivity index (χ1) is 13.5. The minimum atomic E-state index is -0.355. The zero-order chi connectivity index (χ0) is 19.7. The molecule has 10 heteroatoms. The van der Waals surface area contributed by atoms with Gasteiger partial charge in [-0.05, 0) is 46.3 Å². The third-order valence-electron chi connectivity index (χ3n) is 3.88. The first-order valence-electron chi connectivity index (χ1n) is 8.05. The van der Waals surface area contributed by atoms with Gasteiger partial charge in [-0.15, -0.1) is 11.3 Å². The number of hydrogen-bond donors (Lipinski definition) is 2. The monoisotopic (exact) mass is 478 g/mol. The van der Waals surface area contributed by atoms with E-state index in [0.717, 1.165) is 4.88 Å². The Morgan fingerprint density at radius 2 is 2.18 bits per heavy atom. The van der Waals surface area contributed by atoms with E-state index in [-0.39, 0.29) is 11.5 Å². The van der Waals surface area contributed by atoms with E-state index in [1.807, 2.05) is 12.1 Å². The summed E-state index contributed by atoms with van der Waals surface area (Å²) < 4.78 is 7.35. The van der Waals surface area contributed by atoms with Crippen LogP contribution in [0.15, 0.2) is 62.6 Å². The van der Waals surface area contributed by atoms with Crippen molar-refractivity contribution in [2.75, 3.05) is 5.32 Å². The maximum Gasteiger partial charge on any atom is 0.283 e. The number of aromatic nitrogens is 3. The van der Waals surface area contributed by atoms with Crippen LogP contribution in [0.3, 0.4) is 0 Å². The van der Waals surface area contributed by atoms with Crippen molar-refractivity contribution in [1.29, 1.82) is 0 Å². The van der Waals surface area contributed by atoms with Crippen molar-refractivity contribution in [3.8, 4) is 11.4 Å². The molecule has 4 heterocycles. The molecule has 0 atom stereocenters. The lowest BCUT2D eigenvalue weighted by molar-refractivity contribution is 0.0947. The number of furan rings is 1. The van der Waals surface area contributed by atoms with Crippen LogP contribution in [-0.4, -0.2) is 20.7 Å². The molecule has 0 unspecified atom stereocenters. The molecule has 4 rings (SSSR count). The Balaban J connectivity index is 1.71. The molecule has 0 saturated carbocycles. The molecule has 0 aliphatic carbocycles. The maximum absolute atomic E-state index is 12.8. The SMILES string of the molecule is O=C(c1ccoc1)n1nc(-c2ccc(Br)c(=O)[nH]2)cc1NCc1ccc(Cl)s1. The fourth-order valence-electron chi connectivity index (χ4n) is 2.53. The van der Waals surface area contributed by atoms with Crippen LogP contribution in [0.1, 0.15) is 15.2 Å². The summed E-state index contributed by atoms with van der Waals surface area (Å²) in [4.78, 5) is 28.4. The van der Waals surface area contributed by atoms with E-state index < -0.39 is 0 Å². The molecule has 4 aromatic heterocycles. The summed E-state index contributed by atoms with van der Waals surface area (Å²) in [6.45, 7) is 0.470. The van der Waals surface area contributed by atoms with E-state index in [0.29, 0.717) is 38.1 Å². The minimum absolute atomic E-state index is 0.282. The van der Waals surface area contributed by atoms with Crippen molar-refractivity contribution >= 4 is 50.6 Å². The summed E-state index contributed by atoms with van der Waals surface area (Å²) in [5.41, 5.74) is 1.03. The van der Waals surface area contributed by atoms with Gasteiger partial charge in [-0.25, -0.2) is 0 Å². The molecule has 142 valence electrons. The highest BCUT2D eigenvalue weighted by molar-refractivity contribution is 9.10. The zero-order valence-corrected chi connectivity index (χ0v) is 17.3. The van der Waals surface area contributed by atoms with Gasteiger partial charge in [0.15, 0.2) is 0 Å². The summed E-state index contributed by atoms with van der Waals surface area (Å²) in [6, 6.07) is 10.3. The van der Waals surface area contributed by atoms with Gasteiger partial charge in [0.05, 0.1) is 32.9 Å². The lowest BCUT2D eigenvalue weighted by atomic mass is 10.3. The molecule has 0 aliphatic rings. The average Bonchev–Trinajstić information content (AvgIpc) is 3.42. The lowest BCUT2D eigenvalue weighted by Crippen LogP contribution is -2.16. The number of anilines is 1. The van der Waals surface area contributed by atoms with E-state index in [1.54, 1.807) is 24.3 Å². The molecule has 4 aromatic rings. The molecule has 2 N–H and O–H groups in total. The second-order valence-electron chi connectivity index (χ2n) is 5.75. The molecule has 0 amide bonds. The van der Waals surface area contributed by atoms with Crippen molar-refractivity contribution in [1.82, 2.24) is 14.8 Å². The van der Waals surface area contributed by atoms with Crippen LogP contribution >= 0.6 is 38.9 Å². The van der Waals surface area contributed by atoms with Crippen LogP contribution in [0, 0.1) is 0 Å². The number of aromatic amines is 1. The Labute approximate surface area is 176 Å². The number of carbonyl (C=O) groups is 1. The van der Waals surface area contributed by atoms with Gasteiger partial charge < -0.3 is 14.7 Å². The second kappa shape index (κ2) is 7.78. The number of hydrogen-bond acceptors (Lipinski definition) is 6. The predicted octanol–water partition coefficient (Wildman–Crippen LogP) is 4.61. The van der Waals surface area contributed by atoms with Crippen molar-refractivity contribution < 1.29 is 9.21 Å². The Bertz CT molecular complexity index is 1200. The van der Waals surface area contributed by atoms with Crippen molar-refractivity contribution in [3.63, 3.8) is 0 Å². The Kier molecular flexibility index (Phi) is 5.21. The number of halogens is 2. The Morgan fingerprint density at radius 3 is 2.86 bits per heavy atom. The fraction of sp³-hybridized carbons (Fsp3) is 0.0556. The summed E-state index contributed by atoms with van der Waals surface area (Å²) >= 11 is 10.6. The summed E-state index contributed by atoms with van der Waals surface area (Å²) in [7, 11) is 0. The highest BCUT2D eigenvalue weighted by Gasteiger charge is 2.18. The van der Waals surface area contributed by atoms with Crippen LogP contribution in [-0.2, 0) is 6.54 Å². The number of carbonyl (C=O) groups excluding carboxylic acids is 1. The van der Waals surface area contributed by atoms with E-state index in [2.05, 4.69) is 31.3 Å². The van der Waals surface area contributed by atoms with Gasteiger partial charge in [0.2, 0.25) is 0 Å². The van der Waals surface area contributed by atoms with Gasteiger partial charge in [-0.1, -0.05) is 11.6 Å². The van der Waals surface area contributed by atoms with E-state index in [4.69, 9.17) is 16.0 Å². The quantitative estimate of drug-likeness (QED) is 0.436. The molecule has 0 fully saturated rings. The van der Waals surface area contributed by atoms with Crippen LogP contribution in [0.5, 0.6) is 0 Å². The smallest absolute Gasteiger partial charge is 0.283 e. The van der Waals surface area contributed by atoms with Crippen molar-refractivity contribution in [2.24, 2.45) is 0 Å². The van der Waals surface area contributed by atoms with Gasteiger partial charge >= 0.3 is 0 Å². The van der Waals surface area contributed by atoms with Crippen LogP contribution in [0.2, 0.25) is 4.34 Å². The van der Waals surface area contributed by atoms with E-state index in [1.165, 1.54) is 28.5 Å². The topological polar surface area (TPSA) is 92.9 Å². The lowest BCUT2D eigenvalue weighted by Gasteiger charge is -2.06. The third-order valence-corrected chi connectivity index (χ3v) is 5.74. The van der Waals surface area contributed by atoms with Crippen LogP contribution in [0.25, 0.3) is 11.4 Å². The normalized spacial score (nSPS) is 10.9. The third kappa shape index (κ3) is 3.82. The van der Waals surface area contributed by atoms with E-state index in [9.17, 15) is 9.59 Å². The van der Waals surface area contributed by atoms with Gasteiger partial charge in [-0.2, -0.15) is 9.78 Å². The van der Waals surface area contributed by atoms with Crippen molar-refractivity contribution in [2.45, 2.75) is 6.54 Å². The summed E-state index contributed by atoms with van der Waals surface area (Å²) in [6.07, 6.45) is 2.78. The molecule has 7 nitrogen and oxygen atoms in total. The highest BCUT2D eigenvalue weighted by Crippen LogP contribution is 2.25. The minimum Gasteiger partial charge on any atom is -0.472 e. The Hall–Kier alpha value is -2.62. The maximum atomic E-state index is 12.8. The zero-order valence-electron chi connectivity index (χ0n) is 14.1. The number of nitrogens with zero attached hydrogens (tertiary/aromatic N) is 2. The average molecular weight is 480 g/mol. The highest BCUT2D eigenvalue weighted by atomic mass is 79.9. The molecule has 0 aliphatic heterocycles. The number of H-pyrrole nitrogens is 1. The second-order valence-corrected chi connectivity index (χ2v) is 8.41. The summed E-state index contributed by atoms with van der Waals surface area (Å²) in [5.74, 6) is 0.126. The van der Waals surface area contributed by atoms with Crippen LogP contribution in [0.4, 0.5) is 5.82 Å². The standard InChI is InChI=1S/C18H12BrClN4O3S/c19-12-2-3-13(22-17(12)25)14-7-16(21-8-11-1-4-15(20)28-11)24(23-14)18(26)10-5-6-27-9-10/h1-7,9,21H,8H2,(H,22,25). The van der Waals surface area contributed by atoms with Gasteiger partial charge in [0.25, 0.3) is 11.5 Å². The van der Waals surface area contributed by atoms with E-state index >= 15 is 0 Å². The first kappa shape index (κ1) is 18.7. The molecule has 0 radical (unpaired) electrons. The number of nitrogens with one attached hydrogen (secondary N) is 2. The molecule has 0 spiro atoms. The molecule has 0 aromatic carbocycles. The fourth-order valence-corrected chi connectivity index (χ4v) is 3.79.